The third-order valence-corrected chi connectivity index (χ3v) is 4.39. The number of aliphatic hydroxyl groups excluding tert-OH is 1. The highest BCUT2D eigenvalue weighted by molar-refractivity contribution is 5.92. The Morgan fingerprint density at radius 3 is 2.82 bits per heavy atom. The van der Waals surface area contributed by atoms with Crippen molar-refractivity contribution in [3.63, 3.8) is 0 Å². The van der Waals surface area contributed by atoms with Crippen molar-refractivity contribution in [2.24, 2.45) is 0 Å². The zero-order valence-electron chi connectivity index (χ0n) is 15.7. The fraction of sp³-hybridized carbons (Fsp3) is 0.350. The minimum absolute atomic E-state index is 0.00798. The smallest absolute Gasteiger partial charge is 0.341 e. The van der Waals surface area contributed by atoms with Gasteiger partial charge in [-0.2, -0.15) is 0 Å². The fourth-order valence-electron chi connectivity index (χ4n) is 2.86. The first-order chi connectivity index (χ1) is 13.5. The molecular formula is C20H23NO7. The molecule has 0 aromatic heterocycles. The van der Waals surface area contributed by atoms with E-state index in [9.17, 15) is 15.0 Å². The summed E-state index contributed by atoms with van der Waals surface area (Å²) in [6.07, 6.45) is -1.10. The molecule has 2 atom stereocenters. The Kier molecular flexibility index (Phi) is 6.23. The number of aromatic hydroxyl groups is 1. The van der Waals surface area contributed by atoms with Gasteiger partial charge in [-0.15, -0.1) is 0 Å². The van der Waals surface area contributed by atoms with Crippen LogP contribution in [0.15, 0.2) is 36.4 Å². The molecule has 2 unspecified atom stereocenters. The number of phenolic OH excluding ortho intramolecular Hbond substituents is 1. The molecule has 28 heavy (non-hydrogen) atoms. The van der Waals surface area contributed by atoms with Gasteiger partial charge in [0.1, 0.15) is 29.8 Å². The second-order valence-electron chi connectivity index (χ2n) is 6.31. The molecule has 0 saturated carbocycles. The third kappa shape index (κ3) is 4.47. The Morgan fingerprint density at radius 2 is 2.07 bits per heavy atom. The van der Waals surface area contributed by atoms with Gasteiger partial charge in [-0.05, 0) is 29.8 Å². The number of carbonyl (C=O) groups excluding carboxylic acids is 1. The summed E-state index contributed by atoms with van der Waals surface area (Å²) in [5, 5.41) is 23.2. The van der Waals surface area contributed by atoms with Gasteiger partial charge in [0.15, 0.2) is 11.5 Å². The van der Waals surface area contributed by atoms with Crippen LogP contribution < -0.4 is 19.5 Å². The standard InChI is InChI=1S/C20H23NO7/c1-25-13-4-6-18-19(8-13)28-14(11-27-18)9-21-10-17(23)12-3-5-16(22)15(7-12)20(24)26-2/h3-8,14,17,21-23H,9-11H2,1-2H3. The molecule has 2 aromatic carbocycles. The Labute approximate surface area is 162 Å². The number of benzene rings is 2. The highest BCUT2D eigenvalue weighted by atomic mass is 16.6. The van der Waals surface area contributed by atoms with Crippen LogP contribution in [0.2, 0.25) is 0 Å². The first-order valence-electron chi connectivity index (χ1n) is 8.79. The molecule has 0 amide bonds. The van der Waals surface area contributed by atoms with Crippen LogP contribution >= 0.6 is 0 Å². The Hall–Kier alpha value is -2.97. The van der Waals surface area contributed by atoms with Crippen LogP contribution in [0.1, 0.15) is 22.0 Å². The van der Waals surface area contributed by atoms with E-state index in [0.29, 0.717) is 36.0 Å². The molecule has 0 saturated heterocycles. The molecule has 0 bridgehead atoms. The van der Waals surface area contributed by atoms with Crippen LogP contribution in [0.25, 0.3) is 0 Å². The van der Waals surface area contributed by atoms with E-state index in [1.165, 1.54) is 19.2 Å². The second-order valence-corrected chi connectivity index (χ2v) is 6.31. The normalized spacial score (nSPS) is 16.3. The highest BCUT2D eigenvalue weighted by Gasteiger charge is 2.22. The number of hydrogen-bond donors (Lipinski definition) is 3. The predicted octanol–water partition coefficient (Wildman–Crippen LogP) is 1.65. The molecule has 3 rings (SSSR count). The van der Waals surface area contributed by atoms with Crippen molar-refractivity contribution < 1.29 is 34.0 Å². The van der Waals surface area contributed by atoms with Gasteiger partial charge in [-0.1, -0.05) is 6.07 Å². The number of rotatable bonds is 7. The second kappa shape index (κ2) is 8.81. The van der Waals surface area contributed by atoms with Crippen LogP contribution in [0.3, 0.4) is 0 Å². The maximum absolute atomic E-state index is 11.7. The largest absolute Gasteiger partial charge is 0.507 e. The van der Waals surface area contributed by atoms with Gasteiger partial charge in [0.05, 0.1) is 20.3 Å². The van der Waals surface area contributed by atoms with Crippen LogP contribution in [0, 0.1) is 0 Å². The number of fused-ring (bicyclic) bond motifs is 1. The van der Waals surface area contributed by atoms with Gasteiger partial charge in [0.2, 0.25) is 0 Å². The van der Waals surface area contributed by atoms with E-state index >= 15 is 0 Å². The van der Waals surface area contributed by atoms with Gasteiger partial charge in [0.25, 0.3) is 0 Å². The molecule has 0 aliphatic carbocycles. The zero-order valence-corrected chi connectivity index (χ0v) is 15.7. The van der Waals surface area contributed by atoms with Crippen molar-refractivity contribution in [3.8, 4) is 23.0 Å². The first-order valence-corrected chi connectivity index (χ1v) is 8.79. The maximum atomic E-state index is 11.7. The van der Waals surface area contributed by atoms with E-state index in [2.05, 4.69) is 10.1 Å². The summed E-state index contributed by atoms with van der Waals surface area (Å²) in [6, 6.07) is 9.68. The lowest BCUT2D eigenvalue weighted by molar-refractivity contribution is 0.0597. The van der Waals surface area contributed by atoms with Crippen molar-refractivity contribution in [1.29, 1.82) is 0 Å². The SMILES string of the molecule is COC(=O)c1cc(C(O)CNCC2COc3ccc(OC)cc3O2)ccc1O. The average Bonchev–Trinajstić information content (AvgIpc) is 2.72. The number of carbonyl (C=O) groups is 1. The minimum Gasteiger partial charge on any atom is -0.507 e. The molecule has 1 aliphatic rings. The van der Waals surface area contributed by atoms with E-state index in [1.54, 1.807) is 31.4 Å². The molecule has 0 spiro atoms. The van der Waals surface area contributed by atoms with E-state index < -0.39 is 12.1 Å². The predicted molar refractivity (Wildman–Crippen MR) is 100 cm³/mol. The lowest BCUT2D eigenvalue weighted by Gasteiger charge is -2.27. The first kappa shape index (κ1) is 19.8. The summed E-state index contributed by atoms with van der Waals surface area (Å²) >= 11 is 0. The van der Waals surface area contributed by atoms with Gasteiger partial charge in [-0.3, -0.25) is 0 Å². The molecular weight excluding hydrogens is 366 g/mol. The van der Waals surface area contributed by atoms with E-state index in [1.807, 2.05) is 0 Å². The summed E-state index contributed by atoms with van der Waals surface area (Å²) in [7, 11) is 2.81. The molecule has 1 aliphatic heterocycles. The number of ether oxygens (including phenoxy) is 4. The highest BCUT2D eigenvalue weighted by Crippen LogP contribution is 2.34. The summed E-state index contributed by atoms with van der Waals surface area (Å²) in [4.78, 5) is 11.7. The lowest BCUT2D eigenvalue weighted by atomic mass is 10.0. The Balaban J connectivity index is 1.54. The molecule has 0 radical (unpaired) electrons. The molecule has 150 valence electrons. The fourth-order valence-corrected chi connectivity index (χ4v) is 2.86. The summed E-state index contributed by atoms with van der Waals surface area (Å²) in [5.41, 5.74) is 0.496. The van der Waals surface area contributed by atoms with Crippen LogP contribution in [0.4, 0.5) is 0 Å². The number of nitrogens with one attached hydrogen (secondary N) is 1. The van der Waals surface area contributed by atoms with Crippen molar-refractivity contribution in [3.05, 3.63) is 47.5 Å². The number of phenols is 1. The topological polar surface area (TPSA) is 106 Å². The summed E-state index contributed by atoms with van der Waals surface area (Å²) in [5.74, 6) is 1.09. The number of esters is 1. The van der Waals surface area contributed by atoms with Crippen molar-refractivity contribution in [2.45, 2.75) is 12.2 Å². The molecule has 2 aromatic rings. The quantitative estimate of drug-likeness (QED) is 0.614. The van der Waals surface area contributed by atoms with Crippen molar-refractivity contribution >= 4 is 5.97 Å². The van der Waals surface area contributed by atoms with Gasteiger partial charge < -0.3 is 34.5 Å². The molecule has 3 N–H and O–H groups in total. The molecule has 1 heterocycles. The van der Waals surface area contributed by atoms with Gasteiger partial charge >= 0.3 is 5.97 Å². The van der Waals surface area contributed by atoms with Gasteiger partial charge in [0, 0.05) is 19.2 Å². The Morgan fingerprint density at radius 1 is 1.25 bits per heavy atom. The lowest BCUT2D eigenvalue weighted by Crippen LogP contribution is -2.39. The monoisotopic (exact) mass is 389 g/mol. The van der Waals surface area contributed by atoms with Crippen LogP contribution in [0.5, 0.6) is 23.0 Å². The Bertz CT molecular complexity index is 839. The maximum Gasteiger partial charge on any atom is 0.341 e. The number of aliphatic hydroxyl groups is 1. The van der Waals surface area contributed by atoms with Crippen molar-refractivity contribution in [1.82, 2.24) is 5.32 Å². The minimum atomic E-state index is -0.874. The molecule has 8 nitrogen and oxygen atoms in total. The van der Waals surface area contributed by atoms with Crippen molar-refractivity contribution in [2.75, 3.05) is 33.9 Å². The number of methoxy groups -OCH3 is 2. The summed E-state index contributed by atoms with van der Waals surface area (Å²) < 4.78 is 21.4. The summed E-state index contributed by atoms with van der Waals surface area (Å²) in [6.45, 7) is 1.07. The van der Waals surface area contributed by atoms with Crippen LogP contribution in [-0.4, -0.2) is 56.2 Å². The average molecular weight is 389 g/mol. The van der Waals surface area contributed by atoms with Gasteiger partial charge in [-0.25, -0.2) is 4.79 Å². The van der Waals surface area contributed by atoms with Crippen LogP contribution in [-0.2, 0) is 4.74 Å². The zero-order chi connectivity index (χ0) is 20.1. The molecule has 8 heteroatoms. The molecule has 0 fully saturated rings. The van der Waals surface area contributed by atoms with E-state index in [0.717, 1.165) is 0 Å². The van der Waals surface area contributed by atoms with E-state index in [-0.39, 0.29) is 24.0 Å². The number of hydrogen-bond acceptors (Lipinski definition) is 8. The van der Waals surface area contributed by atoms with E-state index in [4.69, 9.17) is 14.2 Å². The third-order valence-electron chi connectivity index (χ3n) is 4.39.